The summed E-state index contributed by atoms with van der Waals surface area (Å²) in [4.78, 5) is 28.6. The smallest absolute Gasteiger partial charge is 0.282 e. The van der Waals surface area contributed by atoms with Crippen molar-refractivity contribution in [1.29, 1.82) is 0 Å². The first-order valence-corrected chi connectivity index (χ1v) is 12.8. The molecule has 0 radical (unpaired) electrons. The number of nitrogens with zero attached hydrogens (tertiary/aromatic N) is 4. The van der Waals surface area contributed by atoms with E-state index in [4.69, 9.17) is 16.3 Å². The minimum absolute atomic E-state index is 0.0219. The van der Waals surface area contributed by atoms with Crippen molar-refractivity contribution in [3.63, 3.8) is 0 Å². The van der Waals surface area contributed by atoms with Gasteiger partial charge in [0.05, 0.1) is 26.5 Å². The van der Waals surface area contributed by atoms with Crippen LogP contribution in [0.3, 0.4) is 0 Å². The van der Waals surface area contributed by atoms with Gasteiger partial charge in [-0.05, 0) is 58.2 Å². The highest BCUT2D eigenvalue weighted by molar-refractivity contribution is 9.10. The first kappa shape index (κ1) is 26.0. The topological polar surface area (TPSA) is 99.6 Å². The van der Waals surface area contributed by atoms with E-state index in [0.29, 0.717) is 49.5 Å². The lowest BCUT2D eigenvalue weighted by Gasteiger charge is -2.13. The summed E-state index contributed by atoms with van der Waals surface area (Å²) >= 11 is 13.1. The van der Waals surface area contributed by atoms with Crippen LogP contribution in [0.25, 0.3) is 10.9 Å². The Balaban J connectivity index is 1.73. The Morgan fingerprint density at radius 1 is 1.19 bits per heavy atom. The van der Waals surface area contributed by atoms with Crippen molar-refractivity contribution in [3.8, 4) is 5.75 Å². The van der Waals surface area contributed by atoms with Gasteiger partial charge < -0.3 is 4.74 Å². The summed E-state index contributed by atoms with van der Waals surface area (Å²) in [6, 6.07) is 14.9. The van der Waals surface area contributed by atoms with Crippen LogP contribution in [0.4, 0.5) is 5.69 Å². The Morgan fingerprint density at radius 3 is 2.75 bits per heavy atom. The molecule has 0 saturated carbocycles. The minimum Gasteiger partial charge on any atom is -0.487 e. The molecule has 184 valence electrons. The van der Waals surface area contributed by atoms with E-state index in [2.05, 4.69) is 41.9 Å². The van der Waals surface area contributed by atoms with Crippen LogP contribution in [0.1, 0.15) is 30.3 Å². The highest BCUT2D eigenvalue weighted by Crippen LogP contribution is 2.33. The standard InChI is InChI=1S/C25H19Br2ClN4O4/c1-2-4-23-30-22-8-7-17(26)11-20(22)25(33)31(23)29-13-16-10-18(28)12-21(27)24(16)36-14-15-5-3-6-19(9-15)32(34)35/h3,5-13H,2,4,14H2,1H3. The second-order valence-electron chi connectivity index (χ2n) is 7.82. The molecule has 0 aliphatic heterocycles. The summed E-state index contributed by atoms with van der Waals surface area (Å²) in [6.07, 6.45) is 2.84. The molecule has 4 aromatic rings. The van der Waals surface area contributed by atoms with Crippen molar-refractivity contribution < 1.29 is 9.66 Å². The minimum atomic E-state index is -0.457. The Morgan fingerprint density at radius 2 is 2.00 bits per heavy atom. The molecule has 36 heavy (non-hydrogen) atoms. The van der Waals surface area contributed by atoms with E-state index < -0.39 is 4.92 Å². The van der Waals surface area contributed by atoms with Crippen molar-refractivity contribution in [2.45, 2.75) is 26.4 Å². The fourth-order valence-corrected chi connectivity index (χ4v) is 4.87. The molecular formula is C25H19Br2ClN4O4. The zero-order valence-electron chi connectivity index (χ0n) is 19.0. The van der Waals surface area contributed by atoms with Crippen LogP contribution in [-0.4, -0.2) is 20.8 Å². The zero-order chi connectivity index (χ0) is 25.8. The van der Waals surface area contributed by atoms with Crippen LogP contribution < -0.4 is 10.3 Å². The van der Waals surface area contributed by atoms with Crippen LogP contribution in [0.15, 0.2) is 73.4 Å². The number of fused-ring (bicyclic) bond motifs is 1. The molecule has 0 unspecified atom stereocenters. The van der Waals surface area contributed by atoms with Crippen molar-refractivity contribution in [2.75, 3.05) is 0 Å². The van der Waals surface area contributed by atoms with Crippen LogP contribution in [0.2, 0.25) is 5.02 Å². The molecule has 0 amide bonds. The van der Waals surface area contributed by atoms with Gasteiger partial charge in [-0.25, -0.2) is 4.98 Å². The van der Waals surface area contributed by atoms with E-state index in [0.717, 1.165) is 10.9 Å². The van der Waals surface area contributed by atoms with Gasteiger partial charge in [0.1, 0.15) is 18.2 Å². The number of halogens is 3. The molecular weight excluding hydrogens is 616 g/mol. The highest BCUT2D eigenvalue weighted by atomic mass is 79.9. The fraction of sp³-hybridized carbons (Fsp3) is 0.160. The Hall–Kier alpha value is -3.08. The summed E-state index contributed by atoms with van der Waals surface area (Å²) in [5, 5.41) is 16.4. The number of ether oxygens (including phenoxy) is 1. The summed E-state index contributed by atoms with van der Waals surface area (Å²) in [6.45, 7) is 2.08. The van der Waals surface area contributed by atoms with Gasteiger partial charge in [-0.15, -0.1) is 0 Å². The molecule has 11 heteroatoms. The van der Waals surface area contributed by atoms with E-state index in [1.165, 1.54) is 23.0 Å². The summed E-state index contributed by atoms with van der Waals surface area (Å²) in [7, 11) is 0. The van der Waals surface area contributed by atoms with Crippen molar-refractivity contribution in [3.05, 3.63) is 106 Å². The zero-order valence-corrected chi connectivity index (χ0v) is 22.9. The number of benzene rings is 3. The average Bonchev–Trinajstić information content (AvgIpc) is 2.84. The summed E-state index contributed by atoms with van der Waals surface area (Å²) in [5.74, 6) is 0.963. The Labute approximate surface area is 228 Å². The average molecular weight is 635 g/mol. The van der Waals surface area contributed by atoms with Gasteiger partial charge in [-0.2, -0.15) is 9.78 Å². The summed E-state index contributed by atoms with van der Waals surface area (Å²) in [5.41, 5.74) is 1.43. The van der Waals surface area contributed by atoms with Gasteiger partial charge >= 0.3 is 0 Å². The van der Waals surface area contributed by atoms with Gasteiger partial charge in [0.15, 0.2) is 0 Å². The third-order valence-electron chi connectivity index (χ3n) is 5.20. The number of hydrogen-bond donors (Lipinski definition) is 0. The molecule has 3 aromatic carbocycles. The van der Waals surface area contributed by atoms with Crippen molar-refractivity contribution in [2.24, 2.45) is 5.10 Å². The Bertz CT molecular complexity index is 1560. The van der Waals surface area contributed by atoms with Crippen molar-refractivity contribution >= 4 is 66.3 Å². The van der Waals surface area contributed by atoms with Gasteiger partial charge in [0, 0.05) is 33.6 Å². The maximum Gasteiger partial charge on any atom is 0.282 e. The predicted molar refractivity (Wildman–Crippen MR) is 147 cm³/mol. The second-order valence-corrected chi connectivity index (χ2v) is 10.0. The summed E-state index contributed by atoms with van der Waals surface area (Å²) < 4.78 is 8.63. The van der Waals surface area contributed by atoms with E-state index in [1.54, 1.807) is 36.4 Å². The predicted octanol–water partition coefficient (Wildman–Crippen LogP) is 6.90. The molecule has 1 aromatic heterocycles. The SMILES string of the molecule is CCCc1nc2ccc(Br)cc2c(=O)n1N=Cc1cc(Cl)cc(Br)c1OCc1cccc([N+](=O)[O-])c1. The normalized spacial score (nSPS) is 11.3. The van der Waals surface area contributed by atoms with Crippen LogP contribution in [0, 0.1) is 10.1 Å². The van der Waals surface area contributed by atoms with Gasteiger partial charge in [-0.3, -0.25) is 14.9 Å². The lowest BCUT2D eigenvalue weighted by molar-refractivity contribution is -0.384. The van der Waals surface area contributed by atoms with Gasteiger partial charge in [0.2, 0.25) is 0 Å². The van der Waals surface area contributed by atoms with Crippen LogP contribution in [0.5, 0.6) is 5.75 Å². The van der Waals surface area contributed by atoms with E-state index >= 15 is 0 Å². The highest BCUT2D eigenvalue weighted by Gasteiger charge is 2.14. The number of nitro benzene ring substituents is 1. The van der Waals surface area contributed by atoms with E-state index in [-0.39, 0.29) is 17.9 Å². The maximum atomic E-state index is 13.3. The maximum absolute atomic E-state index is 13.3. The lowest BCUT2D eigenvalue weighted by Crippen LogP contribution is -2.22. The molecule has 0 bridgehead atoms. The Kier molecular flexibility index (Phi) is 8.17. The first-order chi connectivity index (χ1) is 17.3. The fourth-order valence-electron chi connectivity index (χ4n) is 3.56. The number of nitro groups is 1. The number of non-ortho nitro benzene ring substituents is 1. The monoisotopic (exact) mass is 632 g/mol. The molecule has 0 spiro atoms. The van der Waals surface area contributed by atoms with E-state index in [1.807, 2.05) is 13.0 Å². The second kappa shape index (κ2) is 11.3. The molecule has 0 aliphatic carbocycles. The van der Waals surface area contributed by atoms with Gasteiger partial charge in [-0.1, -0.05) is 46.6 Å². The molecule has 0 aliphatic rings. The van der Waals surface area contributed by atoms with Crippen LogP contribution >= 0.6 is 43.5 Å². The molecule has 0 atom stereocenters. The third-order valence-corrected chi connectivity index (χ3v) is 6.50. The number of aryl methyl sites for hydroxylation is 1. The molecule has 1 heterocycles. The van der Waals surface area contributed by atoms with Crippen molar-refractivity contribution in [1.82, 2.24) is 9.66 Å². The first-order valence-electron chi connectivity index (χ1n) is 10.9. The van der Waals surface area contributed by atoms with Crippen LogP contribution in [-0.2, 0) is 13.0 Å². The quantitative estimate of drug-likeness (QED) is 0.119. The number of rotatable bonds is 8. The molecule has 4 rings (SSSR count). The molecule has 8 nitrogen and oxygen atoms in total. The molecule has 0 fully saturated rings. The van der Waals surface area contributed by atoms with Gasteiger partial charge in [0.25, 0.3) is 11.2 Å². The number of hydrogen-bond acceptors (Lipinski definition) is 6. The third kappa shape index (κ3) is 5.83. The number of aromatic nitrogens is 2. The van der Waals surface area contributed by atoms with E-state index in [9.17, 15) is 14.9 Å². The largest absolute Gasteiger partial charge is 0.487 e. The molecule has 0 N–H and O–H groups in total. The molecule has 0 saturated heterocycles. The lowest BCUT2D eigenvalue weighted by atomic mass is 10.2.